The number of H-pyrrole nitrogens is 1. The van der Waals surface area contributed by atoms with Crippen molar-refractivity contribution < 1.29 is 4.39 Å². The number of aromatic amines is 1. The molecule has 17 heavy (non-hydrogen) atoms. The lowest BCUT2D eigenvalue weighted by Gasteiger charge is -2.14. The summed E-state index contributed by atoms with van der Waals surface area (Å²) in [5.74, 6) is 0.310. The fraction of sp³-hybridized carbons (Fsp3) is 0.250. The first kappa shape index (κ1) is 11.4. The lowest BCUT2D eigenvalue weighted by molar-refractivity contribution is 0.626. The molecule has 1 aromatic heterocycles. The summed E-state index contributed by atoms with van der Waals surface area (Å²) in [4.78, 5) is 0. The van der Waals surface area contributed by atoms with Crippen molar-refractivity contribution in [3.8, 4) is 0 Å². The fourth-order valence-electron chi connectivity index (χ4n) is 1.70. The topological polar surface area (TPSA) is 66.7 Å². The van der Waals surface area contributed by atoms with Crippen LogP contribution in [0, 0.1) is 5.82 Å². The SMILES string of the molecule is CC(Cc1ccc(F)cc1)Nc1cn[nH]c1N. The Morgan fingerprint density at radius 1 is 1.41 bits per heavy atom. The van der Waals surface area contributed by atoms with Crippen LogP contribution < -0.4 is 11.1 Å². The average Bonchev–Trinajstić information content (AvgIpc) is 2.68. The summed E-state index contributed by atoms with van der Waals surface area (Å²) in [5, 5.41) is 9.73. The van der Waals surface area contributed by atoms with Gasteiger partial charge in [0, 0.05) is 6.04 Å². The van der Waals surface area contributed by atoms with E-state index in [0.717, 1.165) is 17.7 Å². The molecule has 0 amide bonds. The Hall–Kier alpha value is -2.04. The Labute approximate surface area is 99.0 Å². The van der Waals surface area contributed by atoms with E-state index in [1.165, 1.54) is 12.1 Å². The second kappa shape index (κ2) is 4.86. The van der Waals surface area contributed by atoms with Crippen LogP contribution in [0.5, 0.6) is 0 Å². The number of hydrogen-bond donors (Lipinski definition) is 3. The van der Waals surface area contributed by atoms with Crippen molar-refractivity contribution in [1.29, 1.82) is 0 Å². The molecule has 4 N–H and O–H groups in total. The molecule has 4 nitrogen and oxygen atoms in total. The minimum absolute atomic E-state index is 0.195. The molecule has 1 heterocycles. The molecular formula is C12H15FN4. The van der Waals surface area contributed by atoms with E-state index in [2.05, 4.69) is 15.5 Å². The zero-order valence-electron chi connectivity index (χ0n) is 9.57. The third-order valence-electron chi connectivity index (χ3n) is 2.53. The van der Waals surface area contributed by atoms with Crippen LogP contribution >= 0.6 is 0 Å². The molecule has 2 aromatic rings. The molecule has 0 aliphatic carbocycles. The van der Waals surface area contributed by atoms with Gasteiger partial charge in [-0.2, -0.15) is 5.10 Å². The Kier molecular flexibility index (Phi) is 3.27. The number of halogens is 1. The Bertz CT molecular complexity index is 478. The number of anilines is 2. The molecule has 0 spiro atoms. The number of nitrogens with one attached hydrogen (secondary N) is 2. The van der Waals surface area contributed by atoms with Crippen molar-refractivity contribution in [3.63, 3.8) is 0 Å². The summed E-state index contributed by atoms with van der Waals surface area (Å²) in [6.45, 7) is 2.04. The quantitative estimate of drug-likeness (QED) is 0.759. The predicted octanol–water partition coefficient (Wildman–Crippen LogP) is 2.17. The number of aromatic nitrogens is 2. The van der Waals surface area contributed by atoms with Crippen molar-refractivity contribution in [3.05, 3.63) is 41.8 Å². The summed E-state index contributed by atoms with van der Waals surface area (Å²) in [7, 11) is 0. The largest absolute Gasteiger partial charge is 0.382 e. The molecule has 0 aliphatic heterocycles. The van der Waals surface area contributed by atoms with Crippen molar-refractivity contribution in [1.82, 2.24) is 10.2 Å². The normalized spacial score (nSPS) is 12.4. The van der Waals surface area contributed by atoms with Crippen LogP contribution in [0.2, 0.25) is 0 Å². The number of rotatable bonds is 4. The van der Waals surface area contributed by atoms with Gasteiger partial charge in [0.2, 0.25) is 0 Å². The highest BCUT2D eigenvalue weighted by atomic mass is 19.1. The van der Waals surface area contributed by atoms with Gasteiger partial charge in [-0.05, 0) is 31.0 Å². The van der Waals surface area contributed by atoms with Crippen LogP contribution in [0.1, 0.15) is 12.5 Å². The standard InChI is InChI=1S/C12H15FN4/c1-8(16-11-7-15-17-12(11)14)6-9-2-4-10(13)5-3-9/h2-5,7-8,16H,6H2,1H3,(H3,14,15,17). The van der Waals surface area contributed by atoms with Crippen molar-refractivity contribution in [2.24, 2.45) is 0 Å². The third kappa shape index (κ3) is 2.96. The highest BCUT2D eigenvalue weighted by Crippen LogP contribution is 2.16. The minimum Gasteiger partial charge on any atom is -0.382 e. The predicted molar refractivity (Wildman–Crippen MR) is 66.2 cm³/mol. The van der Waals surface area contributed by atoms with Gasteiger partial charge in [-0.25, -0.2) is 4.39 Å². The van der Waals surface area contributed by atoms with Crippen LogP contribution in [-0.2, 0) is 6.42 Å². The zero-order valence-corrected chi connectivity index (χ0v) is 9.57. The van der Waals surface area contributed by atoms with Gasteiger partial charge in [-0.3, -0.25) is 5.10 Å². The molecular weight excluding hydrogens is 219 g/mol. The zero-order chi connectivity index (χ0) is 12.3. The summed E-state index contributed by atoms with van der Waals surface area (Å²) < 4.78 is 12.7. The lowest BCUT2D eigenvalue weighted by atomic mass is 10.1. The van der Waals surface area contributed by atoms with Crippen molar-refractivity contribution in [2.75, 3.05) is 11.1 Å². The first-order valence-corrected chi connectivity index (χ1v) is 5.45. The maximum Gasteiger partial charge on any atom is 0.142 e. The molecule has 2 rings (SSSR count). The van der Waals surface area contributed by atoms with E-state index in [1.54, 1.807) is 18.3 Å². The van der Waals surface area contributed by atoms with E-state index in [-0.39, 0.29) is 11.9 Å². The Morgan fingerprint density at radius 2 is 2.12 bits per heavy atom. The molecule has 1 unspecified atom stereocenters. The summed E-state index contributed by atoms with van der Waals surface area (Å²) in [5.41, 5.74) is 7.54. The van der Waals surface area contributed by atoms with Crippen LogP contribution in [0.25, 0.3) is 0 Å². The Morgan fingerprint density at radius 3 is 2.71 bits per heavy atom. The highest BCUT2D eigenvalue weighted by Gasteiger charge is 2.07. The number of hydrogen-bond acceptors (Lipinski definition) is 3. The molecule has 1 aromatic carbocycles. The molecule has 5 heteroatoms. The number of nitrogens with zero attached hydrogens (tertiary/aromatic N) is 1. The van der Waals surface area contributed by atoms with Crippen LogP contribution in [0.4, 0.5) is 15.9 Å². The molecule has 1 atom stereocenters. The van der Waals surface area contributed by atoms with Gasteiger partial charge in [0.15, 0.2) is 0 Å². The van der Waals surface area contributed by atoms with Crippen LogP contribution in [-0.4, -0.2) is 16.2 Å². The van der Waals surface area contributed by atoms with Crippen LogP contribution in [0.3, 0.4) is 0 Å². The van der Waals surface area contributed by atoms with E-state index < -0.39 is 0 Å². The van der Waals surface area contributed by atoms with Gasteiger partial charge in [-0.15, -0.1) is 0 Å². The van der Waals surface area contributed by atoms with E-state index >= 15 is 0 Å². The van der Waals surface area contributed by atoms with Gasteiger partial charge in [0.1, 0.15) is 11.6 Å². The minimum atomic E-state index is -0.214. The molecule has 0 radical (unpaired) electrons. The number of nitrogens with two attached hydrogens (primary N) is 1. The lowest BCUT2D eigenvalue weighted by Crippen LogP contribution is -2.18. The maximum atomic E-state index is 12.7. The van der Waals surface area contributed by atoms with Crippen molar-refractivity contribution in [2.45, 2.75) is 19.4 Å². The van der Waals surface area contributed by atoms with E-state index in [0.29, 0.717) is 5.82 Å². The maximum absolute atomic E-state index is 12.7. The number of benzene rings is 1. The van der Waals surface area contributed by atoms with Gasteiger partial charge in [0.05, 0.1) is 11.9 Å². The van der Waals surface area contributed by atoms with E-state index in [9.17, 15) is 4.39 Å². The van der Waals surface area contributed by atoms with E-state index in [4.69, 9.17) is 5.73 Å². The van der Waals surface area contributed by atoms with Gasteiger partial charge in [0.25, 0.3) is 0 Å². The molecule has 0 saturated heterocycles. The summed E-state index contributed by atoms with van der Waals surface area (Å²) in [6.07, 6.45) is 2.45. The molecule has 0 fully saturated rings. The first-order chi connectivity index (χ1) is 8.15. The summed E-state index contributed by atoms with van der Waals surface area (Å²) in [6, 6.07) is 6.70. The molecule has 0 saturated carbocycles. The number of nitrogen functional groups attached to an aromatic ring is 1. The monoisotopic (exact) mass is 234 g/mol. The smallest absolute Gasteiger partial charge is 0.142 e. The first-order valence-electron chi connectivity index (χ1n) is 5.45. The van der Waals surface area contributed by atoms with Crippen molar-refractivity contribution >= 4 is 11.5 Å². The molecule has 90 valence electrons. The van der Waals surface area contributed by atoms with Gasteiger partial charge in [-0.1, -0.05) is 12.1 Å². The summed E-state index contributed by atoms with van der Waals surface area (Å²) >= 11 is 0. The highest BCUT2D eigenvalue weighted by molar-refractivity contribution is 5.60. The van der Waals surface area contributed by atoms with Gasteiger partial charge < -0.3 is 11.1 Å². The molecule has 0 bridgehead atoms. The second-order valence-corrected chi connectivity index (χ2v) is 4.07. The second-order valence-electron chi connectivity index (χ2n) is 4.07. The van der Waals surface area contributed by atoms with Crippen LogP contribution in [0.15, 0.2) is 30.5 Å². The third-order valence-corrected chi connectivity index (χ3v) is 2.53. The average molecular weight is 234 g/mol. The van der Waals surface area contributed by atoms with Gasteiger partial charge >= 0.3 is 0 Å². The molecule has 0 aliphatic rings. The Balaban J connectivity index is 1.95. The van der Waals surface area contributed by atoms with E-state index in [1.807, 2.05) is 6.92 Å². The fourth-order valence-corrected chi connectivity index (χ4v) is 1.70.